The summed E-state index contributed by atoms with van der Waals surface area (Å²) < 4.78 is 6.57. The number of halogens is 1. The van der Waals surface area contributed by atoms with Crippen LogP contribution in [-0.2, 0) is 11.3 Å². The van der Waals surface area contributed by atoms with E-state index in [1.54, 1.807) is 12.5 Å². The van der Waals surface area contributed by atoms with Gasteiger partial charge >= 0.3 is 5.69 Å². The van der Waals surface area contributed by atoms with E-state index in [1.165, 1.54) is 17.5 Å². The number of ether oxygens (including phenoxy) is 1. The highest BCUT2D eigenvalue weighted by atomic mass is 79.9. The monoisotopic (exact) mass is 436 g/mol. The first kappa shape index (κ1) is 18.1. The maximum Gasteiger partial charge on any atom is 0.328 e. The van der Waals surface area contributed by atoms with Crippen molar-refractivity contribution in [2.24, 2.45) is 0 Å². The van der Waals surface area contributed by atoms with Gasteiger partial charge in [-0.15, -0.1) is 11.3 Å². The minimum absolute atomic E-state index is 0.164. The summed E-state index contributed by atoms with van der Waals surface area (Å²) in [5.74, 6) is 0.243. The number of anilines is 1. The van der Waals surface area contributed by atoms with E-state index in [0.717, 1.165) is 10.1 Å². The number of carbonyl (C=O) groups excluding carboxylic acids is 1. The van der Waals surface area contributed by atoms with Crippen molar-refractivity contribution in [1.29, 1.82) is 0 Å². The Bertz CT molecular complexity index is 1070. The van der Waals surface area contributed by atoms with Crippen LogP contribution in [0.25, 0.3) is 11.3 Å². The number of nitrogens with zero attached hydrogens (tertiary/aromatic N) is 2. The van der Waals surface area contributed by atoms with Crippen LogP contribution in [0.1, 0.15) is 0 Å². The fourth-order valence-corrected chi connectivity index (χ4v) is 3.30. The molecule has 0 atom stereocenters. The van der Waals surface area contributed by atoms with Crippen molar-refractivity contribution in [1.82, 2.24) is 14.5 Å². The smallest absolute Gasteiger partial charge is 0.328 e. The van der Waals surface area contributed by atoms with Crippen molar-refractivity contribution >= 4 is 38.3 Å². The Hall–Kier alpha value is -2.72. The number of aromatic amines is 1. The standard InChI is InChI=1S/C16H13BrN4O4S/c1-25-12-5-3-2-4-9(12)11-8-26-15(18-11)19-13(22)7-21-6-10(17)14(23)20-16(21)24/h2-6,8H,7H2,1H3,(H,18,19,22)(H,20,23,24). The lowest BCUT2D eigenvalue weighted by molar-refractivity contribution is -0.116. The lowest BCUT2D eigenvalue weighted by Gasteiger charge is -2.06. The highest BCUT2D eigenvalue weighted by Gasteiger charge is 2.12. The number of H-pyrrole nitrogens is 1. The van der Waals surface area contributed by atoms with Crippen LogP contribution in [0, 0.1) is 0 Å². The van der Waals surface area contributed by atoms with Gasteiger partial charge < -0.3 is 10.1 Å². The van der Waals surface area contributed by atoms with E-state index >= 15 is 0 Å². The predicted octanol–water partition coefficient (Wildman–Crippen LogP) is 2.07. The molecule has 0 unspecified atom stereocenters. The molecule has 8 nitrogen and oxygen atoms in total. The summed E-state index contributed by atoms with van der Waals surface area (Å²) in [4.78, 5) is 41.7. The Kier molecular flexibility index (Phi) is 5.33. The van der Waals surface area contributed by atoms with Gasteiger partial charge in [-0.3, -0.25) is 19.1 Å². The minimum atomic E-state index is -0.665. The number of methoxy groups -OCH3 is 1. The first-order chi connectivity index (χ1) is 12.5. The lowest BCUT2D eigenvalue weighted by Crippen LogP contribution is -2.33. The minimum Gasteiger partial charge on any atom is -0.496 e. The molecule has 10 heteroatoms. The Balaban J connectivity index is 1.75. The molecule has 0 aliphatic heterocycles. The van der Waals surface area contributed by atoms with Gasteiger partial charge in [-0.1, -0.05) is 12.1 Å². The molecule has 0 fully saturated rings. The third-order valence-electron chi connectivity index (χ3n) is 3.41. The predicted molar refractivity (Wildman–Crippen MR) is 102 cm³/mol. The van der Waals surface area contributed by atoms with Crippen molar-refractivity contribution in [2.45, 2.75) is 6.54 Å². The van der Waals surface area contributed by atoms with E-state index in [9.17, 15) is 14.4 Å². The van der Waals surface area contributed by atoms with Crippen LogP contribution < -0.4 is 21.3 Å². The van der Waals surface area contributed by atoms with Gasteiger partial charge in [0.1, 0.15) is 12.3 Å². The number of nitrogens with one attached hydrogen (secondary N) is 2. The van der Waals surface area contributed by atoms with Crippen LogP contribution in [0.4, 0.5) is 5.13 Å². The molecule has 26 heavy (non-hydrogen) atoms. The third-order valence-corrected chi connectivity index (χ3v) is 4.74. The summed E-state index contributed by atoms with van der Waals surface area (Å²) in [5.41, 5.74) is 0.273. The molecule has 2 heterocycles. The van der Waals surface area contributed by atoms with Crippen LogP contribution in [0.2, 0.25) is 0 Å². The van der Waals surface area contributed by atoms with E-state index in [4.69, 9.17) is 4.74 Å². The zero-order valence-electron chi connectivity index (χ0n) is 13.5. The van der Waals surface area contributed by atoms with Crippen LogP contribution in [-0.4, -0.2) is 27.6 Å². The number of para-hydroxylation sites is 1. The number of benzene rings is 1. The average molecular weight is 437 g/mol. The molecule has 1 amide bonds. The highest BCUT2D eigenvalue weighted by molar-refractivity contribution is 9.10. The first-order valence-corrected chi connectivity index (χ1v) is 9.03. The Morgan fingerprint density at radius 2 is 2.15 bits per heavy atom. The summed E-state index contributed by atoms with van der Waals surface area (Å²) in [5, 5.41) is 4.84. The number of thiazole rings is 1. The van der Waals surface area contributed by atoms with Gasteiger partial charge in [0, 0.05) is 17.1 Å². The molecule has 0 aliphatic rings. The molecule has 2 aromatic heterocycles. The molecule has 134 valence electrons. The van der Waals surface area contributed by atoms with Crippen LogP contribution in [0.3, 0.4) is 0 Å². The van der Waals surface area contributed by atoms with E-state index in [0.29, 0.717) is 16.6 Å². The molecule has 2 N–H and O–H groups in total. The summed E-state index contributed by atoms with van der Waals surface area (Å²) in [6.45, 7) is -0.252. The van der Waals surface area contributed by atoms with Crippen LogP contribution in [0.5, 0.6) is 5.75 Å². The van der Waals surface area contributed by atoms with Crippen LogP contribution >= 0.6 is 27.3 Å². The second kappa shape index (κ2) is 7.67. The summed E-state index contributed by atoms with van der Waals surface area (Å²) in [6, 6.07) is 7.43. The number of rotatable bonds is 5. The topological polar surface area (TPSA) is 106 Å². The molecule has 0 saturated carbocycles. The summed E-state index contributed by atoms with van der Waals surface area (Å²) in [6.07, 6.45) is 1.27. The number of hydrogen-bond acceptors (Lipinski definition) is 6. The maximum atomic E-state index is 12.2. The second-order valence-electron chi connectivity index (χ2n) is 5.15. The molecule has 0 saturated heterocycles. The van der Waals surface area contributed by atoms with E-state index in [1.807, 2.05) is 24.3 Å². The maximum absolute atomic E-state index is 12.2. The molecule has 0 spiro atoms. The quantitative estimate of drug-likeness (QED) is 0.636. The second-order valence-corrected chi connectivity index (χ2v) is 6.86. The van der Waals surface area contributed by atoms with Crippen molar-refractivity contribution in [3.8, 4) is 17.0 Å². The van der Waals surface area contributed by atoms with Gasteiger partial charge in [0.25, 0.3) is 5.56 Å². The van der Waals surface area contributed by atoms with Crippen molar-refractivity contribution in [3.05, 3.63) is 61.2 Å². The van der Waals surface area contributed by atoms with E-state index in [-0.39, 0.29) is 11.0 Å². The van der Waals surface area contributed by atoms with Crippen molar-refractivity contribution in [2.75, 3.05) is 12.4 Å². The largest absolute Gasteiger partial charge is 0.496 e. The number of carbonyl (C=O) groups is 1. The number of amides is 1. The zero-order valence-corrected chi connectivity index (χ0v) is 15.9. The Morgan fingerprint density at radius 1 is 1.38 bits per heavy atom. The number of hydrogen-bond donors (Lipinski definition) is 2. The molecule has 3 aromatic rings. The van der Waals surface area contributed by atoms with E-state index < -0.39 is 17.2 Å². The average Bonchev–Trinajstić information content (AvgIpc) is 3.07. The molecule has 3 rings (SSSR count). The first-order valence-electron chi connectivity index (χ1n) is 7.36. The van der Waals surface area contributed by atoms with Gasteiger partial charge in [-0.05, 0) is 28.1 Å². The Labute approximate surface area is 159 Å². The molecule has 0 aliphatic carbocycles. The molecular formula is C16H13BrN4O4S. The highest BCUT2D eigenvalue weighted by Crippen LogP contribution is 2.31. The van der Waals surface area contributed by atoms with Gasteiger partial charge in [0.2, 0.25) is 5.91 Å². The summed E-state index contributed by atoms with van der Waals surface area (Å²) >= 11 is 4.28. The third kappa shape index (κ3) is 3.92. The van der Waals surface area contributed by atoms with Crippen molar-refractivity contribution < 1.29 is 9.53 Å². The summed E-state index contributed by atoms with van der Waals surface area (Å²) in [7, 11) is 1.58. The van der Waals surface area contributed by atoms with Gasteiger partial charge in [0.05, 0.1) is 17.3 Å². The van der Waals surface area contributed by atoms with Gasteiger partial charge in [-0.2, -0.15) is 0 Å². The molecule has 0 radical (unpaired) electrons. The lowest BCUT2D eigenvalue weighted by atomic mass is 10.1. The zero-order chi connectivity index (χ0) is 18.7. The number of aromatic nitrogens is 3. The van der Waals surface area contributed by atoms with E-state index in [2.05, 4.69) is 31.2 Å². The fourth-order valence-electron chi connectivity index (χ4n) is 2.22. The van der Waals surface area contributed by atoms with Crippen LogP contribution in [0.15, 0.2) is 49.9 Å². The Morgan fingerprint density at radius 3 is 2.92 bits per heavy atom. The molecule has 1 aromatic carbocycles. The normalized spacial score (nSPS) is 10.5. The van der Waals surface area contributed by atoms with Crippen molar-refractivity contribution in [3.63, 3.8) is 0 Å². The van der Waals surface area contributed by atoms with Gasteiger partial charge in [0.15, 0.2) is 5.13 Å². The molecule has 0 bridgehead atoms. The fraction of sp³-hybridized carbons (Fsp3) is 0.125. The molecular weight excluding hydrogens is 424 g/mol. The SMILES string of the molecule is COc1ccccc1-c1csc(NC(=O)Cn2cc(Br)c(=O)[nH]c2=O)n1. The van der Waals surface area contributed by atoms with Gasteiger partial charge in [-0.25, -0.2) is 9.78 Å².